The van der Waals surface area contributed by atoms with Gasteiger partial charge in [-0.1, -0.05) is 18.2 Å². The van der Waals surface area contributed by atoms with E-state index in [2.05, 4.69) is 10.6 Å². The molecule has 0 spiro atoms. The predicted octanol–water partition coefficient (Wildman–Crippen LogP) is 1.83. The van der Waals surface area contributed by atoms with Crippen molar-refractivity contribution in [2.24, 2.45) is 0 Å². The van der Waals surface area contributed by atoms with Gasteiger partial charge in [0, 0.05) is 37.6 Å². The molecule has 0 unspecified atom stereocenters. The van der Waals surface area contributed by atoms with E-state index in [9.17, 15) is 22.8 Å². The third-order valence-electron chi connectivity index (χ3n) is 4.44. The third kappa shape index (κ3) is 5.43. The summed E-state index contributed by atoms with van der Waals surface area (Å²) >= 11 is 0.974. The summed E-state index contributed by atoms with van der Waals surface area (Å²) in [6, 6.07) is 12.5. The smallest absolute Gasteiger partial charge is 0.286 e. The van der Waals surface area contributed by atoms with E-state index in [-0.39, 0.29) is 41.2 Å². The van der Waals surface area contributed by atoms with Gasteiger partial charge < -0.3 is 15.5 Å². The van der Waals surface area contributed by atoms with Crippen LogP contribution >= 0.6 is 11.8 Å². The first kappa shape index (κ1) is 22.8. The van der Waals surface area contributed by atoms with Crippen LogP contribution in [0.15, 0.2) is 58.3 Å². The first-order chi connectivity index (χ1) is 14.7. The second-order valence-electron chi connectivity index (χ2n) is 6.93. The fourth-order valence-electron chi connectivity index (χ4n) is 2.81. The highest BCUT2D eigenvalue weighted by molar-refractivity contribution is 8.13. The van der Waals surface area contributed by atoms with Crippen LogP contribution in [0, 0.1) is 0 Å². The number of nitrogens with one attached hydrogen (secondary N) is 2. The molecule has 0 aliphatic carbocycles. The van der Waals surface area contributed by atoms with Gasteiger partial charge in [-0.05, 0) is 42.1 Å². The van der Waals surface area contributed by atoms with Crippen molar-refractivity contribution in [2.45, 2.75) is 9.79 Å². The van der Waals surface area contributed by atoms with Crippen molar-refractivity contribution in [2.75, 3.05) is 39.0 Å². The number of hydrogen-bond acceptors (Lipinski definition) is 6. The van der Waals surface area contributed by atoms with E-state index in [1.165, 1.54) is 29.2 Å². The van der Waals surface area contributed by atoms with E-state index in [4.69, 9.17) is 0 Å². The Morgan fingerprint density at radius 3 is 2.58 bits per heavy atom. The Hall–Kier alpha value is -2.89. The maximum Gasteiger partial charge on any atom is 0.286 e. The van der Waals surface area contributed by atoms with Crippen molar-refractivity contribution >= 4 is 44.5 Å². The van der Waals surface area contributed by atoms with Gasteiger partial charge in [0.25, 0.3) is 11.1 Å². The van der Waals surface area contributed by atoms with Crippen LogP contribution in [0.2, 0.25) is 0 Å². The molecule has 2 aromatic rings. The molecule has 1 fully saturated rings. The second kappa shape index (κ2) is 9.50. The standard InChI is InChI=1S/C20H22N4O5S2/c1-23(2)20(27)30-17-9-4-3-8-16(17)22-19(26)14-6-5-7-15(12-14)31(28,29)24-11-10-21-18(25)13-24/h3-9,12H,10-11,13H2,1-2H3,(H,21,25)(H,22,26). The van der Waals surface area contributed by atoms with E-state index < -0.39 is 15.9 Å². The van der Waals surface area contributed by atoms with E-state index in [1.54, 1.807) is 38.4 Å². The van der Waals surface area contributed by atoms with Crippen LogP contribution in [-0.4, -0.2) is 68.4 Å². The lowest BCUT2D eigenvalue weighted by Gasteiger charge is -2.26. The molecule has 0 atom stereocenters. The first-order valence-corrected chi connectivity index (χ1v) is 11.6. The highest BCUT2D eigenvalue weighted by Gasteiger charge is 2.29. The summed E-state index contributed by atoms with van der Waals surface area (Å²) < 4.78 is 26.8. The van der Waals surface area contributed by atoms with E-state index in [0.717, 1.165) is 16.1 Å². The van der Waals surface area contributed by atoms with Gasteiger partial charge in [-0.2, -0.15) is 4.31 Å². The molecule has 11 heteroatoms. The van der Waals surface area contributed by atoms with Crippen LogP contribution in [0.1, 0.15) is 10.4 Å². The molecule has 0 bridgehead atoms. The minimum Gasteiger partial charge on any atom is -0.354 e. The van der Waals surface area contributed by atoms with Crippen LogP contribution in [0.5, 0.6) is 0 Å². The monoisotopic (exact) mass is 462 g/mol. The molecular formula is C20H22N4O5S2. The van der Waals surface area contributed by atoms with Crippen molar-refractivity contribution in [3.05, 3.63) is 54.1 Å². The zero-order valence-electron chi connectivity index (χ0n) is 17.0. The average molecular weight is 463 g/mol. The number of sulfonamides is 1. The summed E-state index contributed by atoms with van der Waals surface area (Å²) in [5, 5.41) is 5.12. The molecule has 9 nitrogen and oxygen atoms in total. The molecule has 3 rings (SSSR count). The zero-order chi connectivity index (χ0) is 22.6. The first-order valence-electron chi connectivity index (χ1n) is 9.35. The molecule has 0 saturated carbocycles. The van der Waals surface area contributed by atoms with Crippen LogP contribution in [-0.2, 0) is 14.8 Å². The highest BCUT2D eigenvalue weighted by Crippen LogP contribution is 2.29. The molecule has 2 aromatic carbocycles. The van der Waals surface area contributed by atoms with Crippen LogP contribution in [0.3, 0.4) is 0 Å². The number of nitrogens with zero attached hydrogens (tertiary/aromatic N) is 2. The van der Waals surface area contributed by atoms with Crippen molar-refractivity contribution in [3.63, 3.8) is 0 Å². The van der Waals surface area contributed by atoms with Crippen molar-refractivity contribution in [1.82, 2.24) is 14.5 Å². The van der Waals surface area contributed by atoms with Gasteiger partial charge in [-0.15, -0.1) is 0 Å². The summed E-state index contributed by atoms with van der Waals surface area (Å²) in [4.78, 5) is 38.3. The molecule has 31 heavy (non-hydrogen) atoms. The van der Waals surface area contributed by atoms with Gasteiger partial charge in [0.15, 0.2) is 0 Å². The molecule has 1 aliphatic rings. The third-order valence-corrected chi connectivity index (χ3v) is 7.39. The van der Waals surface area contributed by atoms with Gasteiger partial charge >= 0.3 is 0 Å². The van der Waals surface area contributed by atoms with E-state index >= 15 is 0 Å². The lowest BCUT2D eigenvalue weighted by atomic mass is 10.2. The molecule has 164 valence electrons. The number of carbonyl (C=O) groups is 3. The van der Waals surface area contributed by atoms with Crippen LogP contribution in [0.4, 0.5) is 10.5 Å². The number of anilines is 1. The average Bonchev–Trinajstić information content (AvgIpc) is 2.75. The molecular weight excluding hydrogens is 440 g/mol. The number of hydrogen-bond donors (Lipinski definition) is 2. The summed E-state index contributed by atoms with van der Waals surface area (Å²) in [6.45, 7) is 0.136. The Kier molecular flexibility index (Phi) is 6.98. The molecule has 1 aliphatic heterocycles. The molecule has 1 heterocycles. The van der Waals surface area contributed by atoms with Crippen molar-refractivity contribution in [3.8, 4) is 0 Å². The second-order valence-corrected chi connectivity index (χ2v) is 9.86. The number of thioether (sulfide) groups is 1. The Bertz CT molecular complexity index is 1120. The van der Waals surface area contributed by atoms with E-state index in [1.807, 2.05) is 0 Å². The number of rotatable bonds is 5. The lowest BCUT2D eigenvalue weighted by molar-refractivity contribution is -0.122. The van der Waals surface area contributed by atoms with Crippen molar-refractivity contribution < 1.29 is 22.8 Å². The normalized spacial score (nSPS) is 14.6. The molecule has 0 radical (unpaired) electrons. The predicted molar refractivity (Wildman–Crippen MR) is 118 cm³/mol. The minimum absolute atomic E-state index is 0.0692. The molecule has 2 N–H and O–H groups in total. The molecule has 3 amide bonds. The summed E-state index contributed by atoms with van der Waals surface area (Å²) in [6.07, 6.45) is 0. The summed E-state index contributed by atoms with van der Waals surface area (Å²) in [5.41, 5.74) is 0.579. The van der Waals surface area contributed by atoms with Gasteiger partial charge in [0.2, 0.25) is 15.9 Å². The number of carbonyl (C=O) groups excluding carboxylic acids is 3. The summed E-state index contributed by atoms with van der Waals surface area (Å²) in [7, 11) is -0.652. The number of piperazine rings is 1. The quantitative estimate of drug-likeness (QED) is 0.655. The van der Waals surface area contributed by atoms with Gasteiger partial charge in [-0.25, -0.2) is 8.42 Å². The lowest BCUT2D eigenvalue weighted by Crippen LogP contribution is -2.49. The van der Waals surface area contributed by atoms with Crippen molar-refractivity contribution in [1.29, 1.82) is 0 Å². The molecule has 1 saturated heterocycles. The SMILES string of the molecule is CN(C)C(=O)Sc1ccccc1NC(=O)c1cccc(S(=O)(=O)N2CCNC(=O)C2)c1. The summed E-state index contributed by atoms with van der Waals surface area (Å²) in [5.74, 6) is -0.885. The topological polar surface area (TPSA) is 116 Å². The highest BCUT2D eigenvalue weighted by atomic mass is 32.2. The van der Waals surface area contributed by atoms with Gasteiger partial charge in [0.1, 0.15) is 0 Å². The molecule has 0 aromatic heterocycles. The Balaban J connectivity index is 1.82. The van der Waals surface area contributed by atoms with Crippen LogP contribution < -0.4 is 10.6 Å². The Morgan fingerprint density at radius 2 is 1.87 bits per heavy atom. The Labute approximate surface area is 184 Å². The van der Waals surface area contributed by atoms with Gasteiger partial charge in [0.05, 0.1) is 17.1 Å². The zero-order valence-corrected chi connectivity index (χ0v) is 18.6. The van der Waals surface area contributed by atoms with Gasteiger partial charge in [-0.3, -0.25) is 14.4 Å². The maximum absolute atomic E-state index is 12.9. The fourth-order valence-corrected chi connectivity index (χ4v) is 5.00. The van der Waals surface area contributed by atoms with E-state index in [0.29, 0.717) is 10.6 Å². The minimum atomic E-state index is -3.92. The maximum atomic E-state index is 12.9. The fraction of sp³-hybridized carbons (Fsp3) is 0.250. The Morgan fingerprint density at radius 1 is 1.13 bits per heavy atom. The number of para-hydroxylation sites is 1. The van der Waals surface area contributed by atoms with Crippen LogP contribution in [0.25, 0.3) is 0 Å². The number of amides is 3. The largest absolute Gasteiger partial charge is 0.354 e. The number of benzene rings is 2.